The first kappa shape index (κ1) is 14.0. The van der Waals surface area contributed by atoms with Crippen LogP contribution in [-0.2, 0) is 4.79 Å². The number of aliphatic hydroxyl groups excluding tert-OH is 1. The number of amides is 3. The van der Waals surface area contributed by atoms with Crippen molar-refractivity contribution in [2.45, 2.75) is 51.5 Å². The third-order valence-corrected chi connectivity index (χ3v) is 3.14. The van der Waals surface area contributed by atoms with Crippen molar-refractivity contribution in [3.05, 3.63) is 0 Å². The molecule has 0 aromatic carbocycles. The second kappa shape index (κ2) is 6.00. The zero-order valence-corrected chi connectivity index (χ0v) is 10.7. The van der Waals surface area contributed by atoms with Gasteiger partial charge in [0.15, 0.2) is 0 Å². The lowest BCUT2D eigenvalue weighted by molar-refractivity contribution is -0.132. The Hall–Kier alpha value is -1.10. The van der Waals surface area contributed by atoms with Crippen molar-refractivity contribution < 1.29 is 14.7 Å². The minimum Gasteiger partial charge on any atom is -0.396 e. The van der Waals surface area contributed by atoms with Crippen LogP contribution in [0.4, 0.5) is 4.79 Å². The lowest BCUT2D eigenvalue weighted by Crippen LogP contribution is -2.46. The summed E-state index contributed by atoms with van der Waals surface area (Å²) >= 11 is 0. The standard InChI is InChI=1S/C12H22N2O3/c1-3-6-12(7-4-2)10(16)14(8-5-9-15)11(17)13-12/h15H,3-9H2,1-2H3,(H,13,17). The summed E-state index contributed by atoms with van der Waals surface area (Å²) in [5.74, 6) is -0.125. The first-order chi connectivity index (χ1) is 8.11. The van der Waals surface area contributed by atoms with Crippen LogP contribution in [0, 0.1) is 0 Å². The Morgan fingerprint density at radius 2 is 1.82 bits per heavy atom. The summed E-state index contributed by atoms with van der Waals surface area (Å²) in [7, 11) is 0. The molecule has 5 nitrogen and oxygen atoms in total. The molecule has 1 aliphatic rings. The molecule has 1 fully saturated rings. The molecule has 98 valence electrons. The van der Waals surface area contributed by atoms with E-state index < -0.39 is 5.54 Å². The fraction of sp³-hybridized carbons (Fsp3) is 0.833. The zero-order valence-electron chi connectivity index (χ0n) is 10.7. The van der Waals surface area contributed by atoms with Crippen molar-refractivity contribution in [1.29, 1.82) is 0 Å². The Morgan fingerprint density at radius 3 is 2.29 bits per heavy atom. The quantitative estimate of drug-likeness (QED) is 0.660. The normalized spacial score (nSPS) is 18.6. The fourth-order valence-electron chi connectivity index (χ4n) is 2.43. The summed E-state index contributed by atoms with van der Waals surface area (Å²) in [5, 5.41) is 11.6. The Bertz CT molecular complexity index is 285. The smallest absolute Gasteiger partial charge is 0.325 e. The highest BCUT2D eigenvalue weighted by Gasteiger charge is 2.49. The monoisotopic (exact) mass is 242 g/mol. The molecule has 1 rings (SSSR count). The van der Waals surface area contributed by atoms with Gasteiger partial charge in [-0.05, 0) is 19.3 Å². The molecule has 3 amide bonds. The van der Waals surface area contributed by atoms with E-state index in [9.17, 15) is 9.59 Å². The highest BCUT2D eigenvalue weighted by Crippen LogP contribution is 2.27. The van der Waals surface area contributed by atoms with Crippen LogP contribution in [0.3, 0.4) is 0 Å². The van der Waals surface area contributed by atoms with E-state index in [1.165, 1.54) is 4.90 Å². The maximum absolute atomic E-state index is 12.3. The van der Waals surface area contributed by atoms with Gasteiger partial charge in [-0.25, -0.2) is 4.79 Å². The topological polar surface area (TPSA) is 69.6 Å². The van der Waals surface area contributed by atoms with Gasteiger partial charge in [-0.3, -0.25) is 9.69 Å². The summed E-state index contributed by atoms with van der Waals surface area (Å²) in [5.41, 5.74) is -0.698. The second-order valence-corrected chi connectivity index (χ2v) is 4.55. The van der Waals surface area contributed by atoms with Crippen LogP contribution in [0.1, 0.15) is 46.0 Å². The highest BCUT2D eigenvalue weighted by molar-refractivity contribution is 6.07. The van der Waals surface area contributed by atoms with Gasteiger partial charge in [0.1, 0.15) is 5.54 Å². The molecule has 17 heavy (non-hydrogen) atoms. The molecule has 0 unspecified atom stereocenters. The lowest BCUT2D eigenvalue weighted by Gasteiger charge is -2.25. The Labute approximate surface area is 102 Å². The van der Waals surface area contributed by atoms with Crippen LogP contribution in [-0.4, -0.2) is 40.6 Å². The van der Waals surface area contributed by atoms with Crippen LogP contribution in [0.2, 0.25) is 0 Å². The molecular weight excluding hydrogens is 220 g/mol. The summed E-state index contributed by atoms with van der Waals surface area (Å²) in [4.78, 5) is 25.3. The number of nitrogens with one attached hydrogen (secondary N) is 1. The van der Waals surface area contributed by atoms with Gasteiger partial charge in [0.25, 0.3) is 5.91 Å². The van der Waals surface area contributed by atoms with E-state index in [4.69, 9.17) is 5.11 Å². The molecule has 0 aromatic rings. The van der Waals surface area contributed by atoms with Crippen LogP contribution < -0.4 is 5.32 Å². The van der Waals surface area contributed by atoms with E-state index >= 15 is 0 Å². The fourth-order valence-corrected chi connectivity index (χ4v) is 2.43. The van der Waals surface area contributed by atoms with Crippen molar-refractivity contribution in [3.63, 3.8) is 0 Å². The highest BCUT2D eigenvalue weighted by atomic mass is 16.3. The van der Waals surface area contributed by atoms with E-state index in [2.05, 4.69) is 5.32 Å². The molecule has 0 saturated carbocycles. The largest absolute Gasteiger partial charge is 0.396 e. The lowest BCUT2D eigenvalue weighted by atomic mass is 9.88. The molecule has 1 heterocycles. The number of carbonyl (C=O) groups excluding carboxylic acids is 2. The molecule has 0 aromatic heterocycles. The summed E-state index contributed by atoms with van der Waals surface area (Å²) in [6.45, 7) is 4.31. The first-order valence-electron chi connectivity index (χ1n) is 6.36. The van der Waals surface area contributed by atoms with E-state index in [0.717, 1.165) is 12.8 Å². The van der Waals surface area contributed by atoms with Crippen LogP contribution in [0.5, 0.6) is 0 Å². The zero-order chi connectivity index (χ0) is 12.9. The maximum Gasteiger partial charge on any atom is 0.325 e. The molecule has 0 aliphatic carbocycles. The van der Waals surface area contributed by atoms with Gasteiger partial charge in [-0.15, -0.1) is 0 Å². The molecule has 0 spiro atoms. The average Bonchev–Trinajstić information content (AvgIpc) is 2.50. The van der Waals surface area contributed by atoms with Crippen molar-refractivity contribution in [2.75, 3.05) is 13.2 Å². The van der Waals surface area contributed by atoms with Gasteiger partial charge in [0.05, 0.1) is 0 Å². The molecule has 0 radical (unpaired) electrons. The first-order valence-corrected chi connectivity index (χ1v) is 6.36. The van der Waals surface area contributed by atoms with Gasteiger partial charge in [0, 0.05) is 13.2 Å². The summed E-state index contributed by atoms with van der Waals surface area (Å²) < 4.78 is 0. The number of urea groups is 1. The van der Waals surface area contributed by atoms with Gasteiger partial charge in [-0.2, -0.15) is 0 Å². The van der Waals surface area contributed by atoms with E-state index in [1.54, 1.807) is 0 Å². The molecule has 1 saturated heterocycles. The predicted molar refractivity (Wildman–Crippen MR) is 64.5 cm³/mol. The third-order valence-electron chi connectivity index (χ3n) is 3.14. The molecular formula is C12H22N2O3. The van der Waals surface area contributed by atoms with E-state index in [1.807, 2.05) is 13.8 Å². The number of nitrogens with zero attached hydrogens (tertiary/aromatic N) is 1. The second-order valence-electron chi connectivity index (χ2n) is 4.55. The van der Waals surface area contributed by atoms with Crippen molar-refractivity contribution >= 4 is 11.9 Å². The summed E-state index contributed by atoms with van der Waals surface area (Å²) in [6.07, 6.45) is 3.52. The number of rotatable bonds is 7. The average molecular weight is 242 g/mol. The van der Waals surface area contributed by atoms with Gasteiger partial charge >= 0.3 is 6.03 Å². The number of imide groups is 1. The molecule has 0 bridgehead atoms. The van der Waals surface area contributed by atoms with Crippen molar-refractivity contribution in [2.24, 2.45) is 0 Å². The van der Waals surface area contributed by atoms with Gasteiger partial charge < -0.3 is 10.4 Å². The molecule has 1 aliphatic heterocycles. The maximum atomic E-state index is 12.3. The van der Waals surface area contributed by atoms with Crippen LogP contribution in [0.25, 0.3) is 0 Å². The minimum atomic E-state index is -0.698. The van der Waals surface area contributed by atoms with E-state index in [-0.39, 0.29) is 18.5 Å². The van der Waals surface area contributed by atoms with Crippen molar-refractivity contribution in [1.82, 2.24) is 10.2 Å². The Balaban J connectivity index is 2.81. The Kier molecular flexibility index (Phi) is 4.93. The predicted octanol–water partition coefficient (Wildman–Crippen LogP) is 1.26. The molecule has 0 atom stereocenters. The number of hydrogen-bond acceptors (Lipinski definition) is 3. The van der Waals surface area contributed by atoms with Crippen LogP contribution >= 0.6 is 0 Å². The third kappa shape index (κ3) is 2.77. The molecule has 5 heteroatoms. The minimum absolute atomic E-state index is 0.00832. The summed E-state index contributed by atoms with van der Waals surface area (Å²) in [6, 6.07) is -0.314. The Morgan fingerprint density at radius 1 is 1.24 bits per heavy atom. The van der Waals surface area contributed by atoms with Crippen molar-refractivity contribution in [3.8, 4) is 0 Å². The van der Waals surface area contributed by atoms with E-state index in [0.29, 0.717) is 25.8 Å². The number of aliphatic hydroxyl groups is 1. The van der Waals surface area contributed by atoms with Crippen LogP contribution in [0.15, 0.2) is 0 Å². The number of carbonyl (C=O) groups is 2. The molecule has 2 N–H and O–H groups in total. The number of hydrogen-bond donors (Lipinski definition) is 2. The SMILES string of the molecule is CCCC1(CCC)NC(=O)N(CCCO)C1=O. The van der Waals surface area contributed by atoms with Gasteiger partial charge in [0.2, 0.25) is 0 Å². The van der Waals surface area contributed by atoms with Gasteiger partial charge in [-0.1, -0.05) is 26.7 Å².